The fraction of sp³-hybridized carbons (Fsp3) is 0.600. The number of amides is 1. The number of imidazole rings is 1. The van der Waals surface area contributed by atoms with Crippen molar-refractivity contribution in [3.63, 3.8) is 0 Å². The van der Waals surface area contributed by atoms with Crippen molar-refractivity contribution in [2.75, 3.05) is 33.4 Å². The Morgan fingerprint density at radius 3 is 3.04 bits per heavy atom. The summed E-state index contributed by atoms with van der Waals surface area (Å²) in [6.07, 6.45) is 4.20. The minimum absolute atomic E-state index is 0.0612. The first-order chi connectivity index (χ1) is 13.2. The van der Waals surface area contributed by atoms with Gasteiger partial charge >= 0.3 is 0 Å². The van der Waals surface area contributed by atoms with E-state index in [2.05, 4.69) is 20.2 Å². The zero-order valence-electron chi connectivity index (χ0n) is 15.9. The molecule has 1 atom stereocenters. The molecule has 0 unspecified atom stereocenters. The van der Waals surface area contributed by atoms with Gasteiger partial charge in [-0.05, 0) is 44.4 Å². The average molecular weight is 372 g/mol. The number of ether oxygens (including phenoxy) is 2. The predicted molar refractivity (Wildman–Crippen MR) is 103 cm³/mol. The second-order valence-electron chi connectivity index (χ2n) is 7.46. The van der Waals surface area contributed by atoms with Crippen molar-refractivity contribution in [3.05, 3.63) is 24.0 Å². The van der Waals surface area contributed by atoms with E-state index in [1.807, 2.05) is 18.2 Å². The highest BCUT2D eigenvalue weighted by Gasteiger charge is 2.30. The second-order valence-corrected chi connectivity index (χ2v) is 7.46. The fourth-order valence-electron chi connectivity index (χ4n) is 4.17. The summed E-state index contributed by atoms with van der Waals surface area (Å²) in [5, 5.41) is 3.07. The Labute approximate surface area is 159 Å². The quantitative estimate of drug-likeness (QED) is 0.840. The number of benzene rings is 1. The van der Waals surface area contributed by atoms with Crippen LogP contribution in [-0.4, -0.2) is 60.2 Å². The lowest BCUT2D eigenvalue weighted by atomic mass is 9.94. The summed E-state index contributed by atoms with van der Waals surface area (Å²) < 4.78 is 10.7. The van der Waals surface area contributed by atoms with Gasteiger partial charge < -0.3 is 19.8 Å². The molecule has 0 radical (unpaired) electrons. The summed E-state index contributed by atoms with van der Waals surface area (Å²) >= 11 is 0. The molecule has 2 saturated heterocycles. The van der Waals surface area contributed by atoms with E-state index in [9.17, 15) is 4.79 Å². The third-order valence-electron chi connectivity index (χ3n) is 5.70. The van der Waals surface area contributed by atoms with Crippen LogP contribution in [0.5, 0.6) is 5.75 Å². The van der Waals surface area contributed by atoms with Crippen LogP contribution < -0.4 is 10.1 Å². The Morgan fingerprint density at radius 2 is 2.22 bits per heavy atom. The number of methoxy groups -OCH3 is 1. The van der Waals surface area contributed by atoms with E-state index < -0.39 is 0 Å². The largest absolute Gasteiger partial charge is 0.497 e. The zero-order chi connectivity index (χ0) is 18.6. The van der Waals surface area contributed by atoms with E-state index in [4.69, 9.17) is 9.47 Å². The van der Waals surface area contributed by atoms with Crippen molar-refractivity contribution >= 4 is 16.9 Å². The van der Waals surface area contributed by atoms with Gasteiger partial charge in [-0.2, -0.15) is 0 Å². The van der Waals surface area contributed by atoms with Crippen LogP contribution in [0, 0.1) is 5.92 Å². The van der Waals surface area contributed by atoms with Crippen LogP contribution >= 0.6 is 0 Å². The van der Waals surface area contributed by atoms with Gasteiger partial charge in [-0.1, -0.05) is 0 Å². The molecular formula is C20H28N4O3. The normalized spacial score (nSPS) is 22.0. The van der Waals surface area contributed by atoms with E-state index in [0.717, 1.165) is 74.6 Å². The molecule has 2 N–H and O–H groups in total. The third-order valence-corrected chi connectivity index (χ3v) is 5.70. The van der Waals surface area contributed by atoms with Gasteiger partial charge in [0.25, 0.3) is 0 Å². The number of fused-ring (bicyclic) bond motifs is 1. The molecule has 1 amide bonds. The van der Waals surface area contributed by atoms with E-state index in [1.54, 1.807) is 7.11 Å². The summed E-state index contributed by atoms with van der Waals surface area (Å²) in [7, 11) is 1.65. The first kappa shape index (κ1) is 18.3. The molecule has 0 bridgehead atoms. The van der Waals surface area contributed by atoms with Crippen LogP contribution in [0.15, 0.2) is 18.2 Å². The van der Waals surface area contributed by atoms with Gasteiger partial charge in [0.2, 0.25) is 5.91 Å². The van der Waals surface area contributed by atoms with E-state index in [0.29, 0.717) is 12.6 Å². The Balaban J connectivity index is 1.33. The number of carbonyl (C=O) groups excluding carboxylic acids is 1. The van der Waals surface area contributed by atoms with Gasteiger partial charge in [0.15, 0.2) is 0 Å². The first-order valence-electron chi connectivity index (χ1n) is 9.85. The van der Waals surface area contributed by atoms with Gasteiger partial charge in [0.05, 0.1) is 30.6 Å². The van der Waals surface area contributed by atoms with Gasteiger partial charge in [0.1, 0.15) is 11.6 Å². The summed E-state index contributed by atoms with van der Waals surface area (Å²) in [4.78, 5) is 23.0. The number of aromatic nitrogens is 2. The van der Waals surface area contributed by atoms with Crippen molar-refractivity contribution in [2.24, 2.45) is 5.92 Å². The molecule has 0 spiro atoms. The second kappa shape index (κ2) is 8.27. The van der Waals surface area contributed by atoms with Crippen LogP contribution in [0.1, 0.15) is 31.5 Å². The van der Waals surface area contributed by atoms with Gasteiger partial charge in [-0.3, -0.25) is 9.69 Å². The van der Waals surface area contributed by atoms with E-state index in [-0.39, 0.29) is 11.8 Å². The topological polar surface area (TPSA) is 79.5 Å². The molecular weight excluding hydrogens is 344 g/mol. The molecule has 2 aliphatic heterocycles. The van der Waals surface area contributed by atoms with Crippen LogP contribution in [0.25, 0.3) is 11.0 Å². The lowest BCUT2D eigenvalue weighted by Crippen LogP contribution is -2.48. The van der Waals surface area contributed by atoms with Gasteiger partial charge in [-0.15, -0.1) is 0 Å². The molecule has 27 heavy (non-hydrogen) atoms. The molecule has 7 nitrogen and oxygen atoms in total. The minimum atomic E-state index is 0.0612. The molecule has 0 saturated carbocycles. The number of likely N-dealkylation sites (tertiary alicyclic amines) is 1. The Kier molecular flexibility index (Phi) is 5.59. The van der Waals surface area contributed by atoms with E-state index in [1.165, 1.54) is 0 Å². The third kappa shape index (κ3) is 4.25. The first-order valence-corrected chi connectivity index (χ1v) is 9.85. The number of rotatable bonds is 5. The van der Waals surface area contributed by atoms with Gasteiger partial charge in [-0.25, -0.2) is 4.98 Å². The molecule has 0 aliphatic carbocycles. The number of aromatic amines is 1. The standard InChI is InChI=1S/C20H28N4O3/c1-26-16-4-5-17-18(11-16)23-19(22-17)12-21-20(25)14-3-2-8-24(13-14)15-6-9-27-10-7-15/h4-5,11,14-15H,2-3,6-10,12-13H2,1H3,(H,21,25)(H,22,23)/t14-/m1/s1. The highest BCUT2D eigenvalue weighted by atomic mass is 16.5. The highest BCUT2D eigenvalue weighted by Crippen LogP contribution is 2.23. The lowest BCUT2D eigenvalue weighted by Gasteiger charge is -2.39. The molecule has 1 aromatic heterocycles. The molecule has 3 heterocycles. The number of H-pyrrole nitrogens is 1. The smallest absolute Gasteiger partial charge is 0.224 e. The fourth-order valence-corrected chi connectivity index (χ4v) is 4.17. The summed E-state index contributed by atoms with van der Waals surface area (Å²) in [5.41, 5.74) is 1.80. The molecule has 2 aromatic rings. The van der Waals surface area contributed by atoms with Crippen molar-refractivity contribution in [2.45, 2.75) is 38.3 Å². The Hall–Kier alpha value is -2.12. The molecule has 7 heteroatoms. The van der Waals surface area contributed by atoms with Crippen molar-refractivity contribution < 1.29 is 14.3 Å². The van der Waals surface area contributed by atoms with Crippen molar-refractivity contribution in [1.29, 1.82) is 0 Å². The predicted octanol–water partition coefficient (Wildman–Crippen LogP) is 2.08. The molecule has 4 rings (SSSR count). The molecule has 146 valence electrons. The summed E-state index contributed by atoms with van der Waals surface area (Å²) in [5.74, 6) is 1.75. The minimum Gasteiger partial charge on any atom is -0.497 e. The maximum Gasteiger partial charge on any atom is 0.224 e. The highest BCUT2D eigenvalue weighted by molar-refractivity contribution is 5.79. The van der Waals surface area contributed by atoms with Crippen molar-refractivity contribution in [1.82, 2.24) is 20.2 Å². The summed E-state index contributed by atoms with van der Waals surface area (Å²) in [6, 6.07) is 6.29. The van der Waals surface area contributed by atoms with Crippen LogP contribution in [-0.2, 0) is 16.1 Å². The molecule has 2 fully saturated rings. The lowest BCUT2D eigenvalue weighted by molar-refractivity contribution is -0.127. The Morgan fingerprint density at radius 1 is 1.37 bits per heavy atom. The SMILES string of the molecule is COc1ccc2nc(CNC(=O)[C@@H]3CCCN(C4CCOCC4)C3)[nH]c2c1. The van der Waals surface area contributed by atoms with E-state index >= 15 is 0 Å². The van der Waals surface area contributed by atoms with Crippen LogP contribution in [0.3, 0.4) is 0 Å². The monoisotopic (exact) mass is 372 g/mol. The molecule has 2 aliphatic rings. The maximum absolute atomic E-state index is 12.7. The number of carbonyl (C=O) groups is 1. The van der Waals surface area contributed by atoms with Gasteiger partial charge in [0, 0.05) is 31.9 Å². The average Bonchev–Trinajstić information content (AvgIpc) is 3.14. The maximum atomic E-state index is 12.7. The molecule has 1 aromatic carbocycles. The van der Waals surface area contributed by atoms with Crippen LogP contribution in [0.2, 0.25) is 0 Å². The number of hydrogen-bond acceptors (Lipinski definition) is 5. The van der Waals surface area contributed by atoms with Crippen molar-refractivity contribution in [3.8, 4) is 5.75 Å². The summed E-state index contributed by atoms with van der Waals surface area (Å²) in [6.45, 7) is 4.06. The number of nitrogens with zero attached hydrogens (tertiary/aromatic N) is 2. The zero-order valence-corrected chi connectivity index (χ0v) is 15.9. The number of nitrogens with one attached hydrogen (secondary N) is 2. The number of piperidine rings is 1. The van der Waals surface area contributed by atoms with Crippen LogP contribution in [0.4, 0.5) is 0 Å². The Bertz CT molecular complexity index is 785. The number of hydrogen-bond donors (Lipinski definition) is 2.